The summed E-state index contributed by atoms with van der Waals surface area (Å²) < 4.78 is 10.1. The van der Waals surface area contributed by atoms with Crippen molar-refractivity contribution in [3.05, 3.63) is 21.9 Å². The zero-order valence-corrected chi connectivity index (χ0v) is 16.0. The average molecular weight is 368 g/mol. The lowest BCUT2D eigenvalue weighted by molar-refractivity contribution is -0.157. The van der Waals surface area contributed by atoms with E-state index in [1.807, 2.05) is 6.92 Å². The number of carbonyl (C=O) groups excluding carboxylic acids is 4. The fourth-order valence-corrected chi connectivity index (χ4v) is 3.65. The van der Waals surface area contributed by atoms with Crippen molar-refractivity contribution in [3.8, 4) is 0 Å². The van der Waals surface area contributed by atoms with E-state index >= 15 is 0 Å². The van der Waals surface area contributed by atoms with Crippen molar-refractivity contribution in [2.75, 3.05) is 13.2 Å². The molecule has 1 aromatic rings. The number of thiophene rings is 1. The Balaban J connectivity index is 3.53. The van der Waals surface area contributed by atoms with Gasteiger partial charge in [0.25, 0.3) is 0 Å². The molecular weight excluding hydrogens is 344 g/mol. The number of esters is 2. The molecule has 1 aromatic heterocycles. The molecule has 6 nitrogen and oxygen atoms in total. The van der Waals surface area contributed by atoms with Crippen LogP contribution in [-0.2, 0) is 28.7 Å². The number of hydrogen-bond acceptors (Lipinski definition) is 7. The van der Waals surface area contributed by atoms with E-state index in [0.717, 1.165) is 4.88 Å². The zero-order valence-electron chi connectivity index (χ0n) is 15.2. The van der Waals surface area contributed by atoms with Crippen LogP contribution in [0.5, 0.6) is 0 Å². The second-order valence-corrected chi connectivity index (χ2v) is 6.76. The second kappa shape index (κ2) is 9.46. The van der Waals surface area contributed by atoms with Gasteiger partial charge in [-0.25, -0.2) is 0 Å². The van der Waals surface area contributed by atoms with Gasteiger partial charge in [0.2, 0.25) is 0 Å². The van der Waals surface area contributed by atoms with E-state index in [0.29, 0.717) is 5.56 Å². The minimum atomic E-state index is -1.24. The number of carbonyl (C=O) groups is 4. The molecule has 2 unspecified atom stereocenters. The first-order chi connectivity index (χ1) is 11.8. The van der Waals surface area contributed by atoms with Crippen LogP contribution in [0.25, 0.3) is 0 Å². The Morgan fingerprint density at radius 1 is 0.960 bits per heavy atom. The van der Waals surface area contributed by atoms with E-state index in [1.54, 1.807) is 25.3 Å². The first-order valence-electron chi connectivity index (χ1n) is 8.14. The quantitative estimate of drug-likeness (QED) is 0.492. The third kappa shape index (κ3) is 4.98. The molecule has 0 spiro atoms. The molecule has 138 valence electrons. The van der Waals surface area contributed by atoms with Crippen LogP contribution in [0.3, 0.4) is 0 Å². The Kier molecular flexibility index (Phi) is 7.96. The Labute approximate surface area is 151 Å². The molecule has 0 saturated heterocycles. The fourth-order valence-electron chi connectivity index (χ4n) is 2.89. The van der Waals surface area contributed by atoms with Crippen molar-refractivity contribution < 1.29 is 28.7 Å². The Morgan fingerprint density at radius 2 is 1.40 bits per heavy atom. The van der Waals surface area contributed by atoms with Gasteiger partial charge < -0.3 is 9.47 Å². The van der Waals surface area contributed by atoms with Crippen molar-refractivity contribution >= 4 is 34.8 Å². The number of ether oxygens (including phenoxy) is 2. The third-order valence-corrected chi connectivity index (χ3v) is 4.79. The van der Waals surface area contributed by atoms with Gasteiger partial charge in [0.15, 0.2) is 0 Å². The summed E-state index contributed by atoms with van der Waals surface area (Å²) in [5.41, 5.74) is 0.617. The van der Waals surface area contributed by atoms with E-state index in [2.05, 4.69) is 0 Å². The van der Waals surface area contributed by atoms with Crippen molar-refractivity contribution in [3.63, 3.8) is 0 Å². The van der Waals surface area contributed by atoms with E-state index in [9.17, 15) is 19.2 Å². The molecule has 0 bridgehead atoms. The largest absolute Gasteiger partial charge is 0.465 e. The van der Waals surface area contributed by atoms with Crippen LogP contribution in [0.4, 0.5) is 0 Å². The summed E-state index contributed by atoms with van der Waals surface area (Å²) in [4.78, 5) is 50.2. The minimum absolute atomic E-state index is 0.0993. The number of Topliss-reactive ketones (excluding diaryl/α,β-unsaturated/α-hetero) is 2. The van der Waals surface area contributed by atoms with Gasteiger partial charge in [-0.15, -0.1) is 11.3 Å². The first-order valence-corrected chi connectivity index (χ1v) is 9.02. The molecular formula is C18H24O6S. The number of aryl methyl sites for hydroxylation is 1. The summed E-state index contributed by atoms with van der Waals surface area (Å²) in [5, 5.41) is 1.79. The maximum absolute atomic E-state index is 12.4. The molecule has 0 aliphatic heterocycles. The van der Waals surface area contributed by atoms with E-state index in [1.165, 1.54) is 25.2 Å². The molecule has 0 N–H and O–H groups in total. The van der Waals surface area contributed by atoms with E-state index in [4.69, 9.17) is 9.47 Å². The van der Waals surface area contributed by atoms with Crippen molar-refractivity contribution in [2.45, 2.75) is 40.5 Å². The molecule has 1 heterocycles. The van der Waals surface area contributed by atoms with Crippen LogP contribution in [0.1, 0.15) is 44.1 Å². The number of rotatable bonds is 9. The van der Waals surface area contributed by atoms with Gasteiger partial charge in [-0.3, -0.25) is 19.2 Å². The summed E-state index contributed by atoms with van der Waals surface area (Å²) in [7, 11) is 0. The molecule has 2 atom stereocenters. The monoisotopic (exact) mass is 368 g/mol. The summed E-state index contributed by atoms with van der Waals surface area (Å²) in [5.74, 6) is -5.81. The highest BCUT2D eigenvalue weighted by Crippen LogP contribution is 2.38. The fraction of sp³-hybridized carbons (Fsp3) is 0.556. The maximum atomic E-state index is 12.4. The van der Waals surface area contributed by atoms with E-state index < -0.39 is 41.3 Å². The minimum Gasteiger partial charge on any atom is -0.465 e. The number of hydrogen-bond donors (Lipinski definition) is 0. The molecule has 0 aliphatic carbocycles. The molecule has 0 aliphatic rings. The normalized spacial score (nSPS) is 14.3. The highest BCUT2D eigenvalue weighted by atomic mass is 32.1. The van der Waals surface area contributed by atoms with Gasteiger partial charge in [-0.05, 0) is 51.6 Å². The Morgan fingerprint density at radius 3 is 1.68 bits per heavy atom. The van der Waals surface area contributed by atoms with Gasteiger partial charge >= 0.3 is 11.9 Å². The Hall–Kier alpha value is -2.02. The predicted molar refractivity (Wildman–Crippen MR) is 93.4 cm³/mol. The van der Waals surface area contributed by atoms with Crippen LogP contribution >= 0.6 is 11.3 Å². The standard InChI is InChI=1S/C18H24O6S/c1-6-23-17(21)14(10(3)19)16(13-8-9-25-12(13)5)15(11(4)20)18(22)24-7-2/h8-9,14-16H,6-7H2,1-5H3. The van der Waals surface area contributed by atoms with Gasteiger partial charge in [-0.1, -0.05) is 0 Å². The maximum Gasteiger partial charge on any atom is 0.317 e. The highest BCUT2D eigenvalue weighted by Gasteiger charge is 2.46. The van der Waals surface area contributed by atoms with Crippen LogP contribution in [0.15, 0.2) is 11.4 Å². The highest BCUT2D eigenvalue weighted by molar-refractivity contribution is 7.10. The predicted octanol–water partition coefficient (Wildman–Crippen LogP) is 2.68. The van der Waals surface area contributed by atoms with Gasteiger partial charge in [0, 0.05) is 10.8 Å². The first kappa shape index (κ1) is 21.0. The second-order valence-electron chi connectivity index (χ2n) is 5.64. The molecule has 7 heteroatoms. The number of ketones is 2. The SMILES string of the molecule is CCOC(=O)C(C(C)=O)C(c1ccsc1C)C(C(C)=O)C(=O)OCC. The molecule has 0 saturated carbocycles. The lowest BCUT2D eigenvalue weighted by atomic mass is 9.73. The smallest absolute Gasteiger partial charge is 0.317 e. The molecule has 0 radical (unpaired) electrons. The summed E-state index contributed by atoms with van der Waals surface area (Å²) >= 11 is 1.41. The zero-order chi connectivity index (χ0) is 19.1. The van der Waals surface area contributed by atoms with Gasteiger partial charge in [0.1, 0.15) is 23.4 Å². The summed E-state index contributed by atoms with van der Waals surface area (Å²) in [6, 6.07) is 1.73. The van der Waals surface area contributed by atoms with Crippen LogP contribution in [0, 0.1) is 18.8 Å². The van der Waals surface area contributed by atoms with Gasteiger partial charge in [-0.2, -0.15) is 0 Å². The molecule has 1 rings (SSSR count). The van der Waals surface area contributed by atoms with E-state index in [-0.39, 0.29) is 13.2 Å². The third-order valence-electron chi connectivity index (χ3n) is 3.93. The van der Waals surface area contributed by atoms with Crippen LogP contribution in [0.2, 0.25) is 0 Å². The topological polar surface area (TPSA) is 86.7 Å². The summed E-state index contributed by atoms with van der Waals surface area (Å²) in [6.45, 7) is 7.81. The van der Waals surface area contributed by atoms with Crippen LogP contribution < -0.4 is 0 Å². The molecule has 25 heavy (non-hydrogen) atoms. The molecule has 0 aromatic carbocycles. The summed E-state index contributed by atoms with van der Waals surface area (Å²) in [6.07, 6.45) is 0. The molecule has 0 amide bonds. The Bertz CT molecular complexity index is 612. The van der Waals surface area contributed by atoms with Gasteiger partial charge in [0.05, 0.1) is 13.2 Å². The average Bonchev–Trinajstić information content (AvgIpc) is 2.92. The van der Waals surface area contributed by atoms with Crippen molar-refractivity contribution in [1.29, 1.82) is 0 Å². The lowest BCUT2D eigenvalue weighted by Gasteiger charge is -2.29. The van der Waals surface area contributed by atoms with Crippen molar-refractivity contribution in [1.82, 2.24) is 0 Å². The van der Waals surface area contributed by atoms with Crippen LogP contribution in [-0.4, -0.2) is 36.7 Å². The van der Waals surface area contributed by atoms with Crippen molar-refractivity contribution in [2.24, 2.45) is 11.8 Å². The lowest BCUT2D eigenvalue weighted by Crippen LogP contribution is -2.40. The molecule has 0 fully saturated rings.